The first kappa shape index (κ1) is 21.9. The molecule has 8 nitrogen and oxygen atoms in total. The van der Waals surface area contributed by atoms with Gasteiger partial charge in [-0.25, -0.2) is 4.79 Å². The van der Waals surface area contributed by atoms with Gasteiger partial charge in [-0.1, -0.05) is 11.6 Å². The molecule has 3 aliphatic heterocycles. The number of halogens is 1. The fraction of sp³-hybridized carbons (Fsp3) is 0.417. The van der Waals surface area contributed by atoms with Crippen LogP contribution in [0.1, 0.15) is 43.4 Å². The van der Waals surface area contributed by atoms with E-state index in [1.54, 1.807) is 30.0 Å². The number of phenolic OH excluding ortho intramolecular Hbond substituents is 1. The molecule has 9 heteroatoms. The number of hydrogen-bond donors (Lipinski definition) is 2. The number of nitrogens with zero attached hydrogens (tertiary/aromatic N) is 2. The molecular formula is C24H26ClN3O5. The first-order valence-electron chi connectivity index (χ1n) is 11.1. The Morgan fingerprint density at radius 3 is 2.82 bits per heavy atom. The van der Waals surface area contributed by atoms with Crippen LogP contribution >= 0.6 is 11.6 Å². The number of carbonyl (C=O) groups excluding carboxylic acids is 1. The molecule has 33 heavy (non-hydrogen) atoms. The smallest absolute Gasteiger partial charge is 0.409 e. The van der Waals surface area contributed by atoms with Crippen molar-refractivity contribution >= 4 is 23.4 Å². The van der Waals surface area contributed by atoms with Gasteiger partial charge in [0.25, 0.3) is 0 Å². The number of amides is 1. The molecule has 2 N–H and O–H groups in total. The number of rotatable bonds is 3. The monoisotopic (exact) mass is 471 g/mol. The Bertz CT molecular complexity index is 1100. The van der Waals surface area contributed by atoms with Crippen LogP contribution in [0.25, 0.3) is 0 Å². The maximum absolute atomic E-state index is 12.2. The quantitative estimate of drug-likeness (QED) is 0.695. The summed E-state index contributed by atoms with van der Waals surface area (Å²) in [6.07, 6.45) is 1.51. The standard InChI is InChI=1S/C24H26ClN3O5/c1-2-31-23(30)28-9-7-24(8-10-28)26-18(15-3-6-21-22(11-15)33-14-32-21)13-19(27-24)17-12-16(25)4-5-20(17)29/h3-6,11-12,19,27,29H,2,7-10,13-14H2,1H3/t19-/m1/s1. The van der Waals surface area contributed by atoms with E-state index in [0.29, 0.717) is 49.7 Å². The zero-order chi connectivity index (χ0) is 23.0. The van der Waals surface area contributed by atoms with Crippen LogP contribution < -0.4 is 14.8 Å². The van der Waals surface area contributed by atoms with Gasteiger partial charge in [-0.3, -0.25) is 10.3 Å². The van der Waals surface area contributed by atoms with Crippen LogP contribution in [0.5, 0.6) is 17.2 Å². The predicted molar refractivity (Wildman–Crippen MR) is 123 cm³/mol. The van der Waals surface area contributed by atoms with Crippen molar-refractivity contribution in [2.45, 2.75) is 37.9 Å². The lowest BCUT2D eigenvalue weighted by atomic mass is 9.87. The highest BCUT2D eigenvalue weighted by Crippen LogP contribution is 2.40. The molecule has 2 aromatic rings. The summed E-state index contributed by atoms with van der Waals surface area (Å²) in [5.41, 5.74) is 2.00. The van der Waals surface area contributed by atoms with E-state index in [0.717, 1.165) is 22.6 Å². The number of likely N-dealkylation sites (tertiary alicyclic amines) is 1. The van der Waals surface area contributed by atoms with E-state index < -0.39 is 5.66 Å². The number of aliphatic imine (C=N–C) groups is 1. The molecule has 1 spiro atoms. The van der Waals surface area contributed by atoms with E-state index in [2.05, 4.69) is 5.32 Å². The molecule has 174 valence electrons. The number of piperidine rings is 1. The fourth-order valence-electron chi connectivity index (χ4n) is 4.69. The zero-order valence-electron chi connectivity index (χ0n) is 18.3. The second kappa shape index (κ2) is 8.76. The molecule has 1 amide bonds. The molecule has 0 aliphatic carbocycles. The lowest BCUT2D eigenvalue weighted by Crippen LogP contribution is -2.56. The summed E-state index contributed by atoms with van der Waals surface area (Å²) in [7, 11) is 0. The minimum absolute atomic E-state index is 0.183. The van der Waals surface area contributed by atoms with E-state index in [-0.39, 0.29) is 24.7 Å². The Balaban J connectivity index is 1.48. The topological polar surface area (TPSA) is 92.6 Å². The summed E-state index contributed by atoms with van der Waals surface area (Å²) in [4.78, 5) is 19.1. The first-order chi connectivity index (χ1) is 16.0. The maximum atomic E-state index is 12.2. The van der Waals surface area contributed by atoms with Gasteiger partial charge in [0.15, 0.2) is 11.5 Å². The molecule has 0 bridgehead atoms. The van der Waals surface area contributed by atoms with Gasteiger partial charge in [-0.2, -0.15) is 0 Å². The average Bonchev–Trinajstić information content (AvgIpc) is 3.29. The minimum atomic E-state index is -0.577. The third-order valence-corrected chi connectivity index (χ3v) is 6.61. The Labute approximate surface area is 197 Å². The SMILES string of the molecule is CCOC(=O)N1CCC2(CC1)N=C(c1ccc3c(c1)OCO3)C[C@H](c1cc(Cl)ccc1O)N2. The Morgan fingerprint density at radius 2 is 2.03 bits per heavy atom. The number of aromatic hydroxyl groups is 1. The van der Waals surface area contributed by atoms with Crippen molar-refractivity contribution in [1.29, 1.82) is 0 Å². The van der Waals surface area contributed by atoms with E-state index in [1.165, 1.54) is 0 Å². The summed E-state index contributed by atoms with van der Waals surface area (Å²) < 4.78 is 16.2. The van der Waals surface area contributed by atoms with Crippen LogP contribution in [0.2, 0.25) is 5.02 Å². The Kier molecular flexibility index (Phi) is 5.80. The molecule has 1 saturated heterocycles. The molecule has 3 aliphatic rings. The third-order valence-electron chi connectivity index (χ3n) is 6.38. The van der Waals surface area contributed by atoms with Crippen molar-refractivity contribution in [3.8, 4) is 17.2 Å². The number of ether oxygens (including phenoxy) is 3. The van der Waals surface area contributed by atoms with Crippen LogP contribution in [-0.2, 0) is 4.74 Å². The molecule has 0 aromatic heterocycles. The fourth-order valence-corrected chi connectivity index (χ4v) is 4.87. The highest BCUT2D eigenvalue weighted by molar-refractivity contribution is 6.30. The lowest BCUT2D eigenvalue weighted by molar-refractivity contribution is 0.0778. The van der Waals surface area contributed by atoms with Crippen molar-refractivity contribution in [1.82, 2.24) is 10.2 Å². The number of nitrogens with one attached hydrogen (secondary N) is 1. The molecule has 0 unspecified atom stereocenters. The van der Waals surface area contributed by atoms with Gasteiger partial charge in [-0.05, 0) is 48.9 Å². The largest absolute Gasteiger partial charge is 0.508 e. The average molecular weight is 472 g/mol. The van der Waals surface area contributed by atoms with E-state index in [4.69, 9.17) is 30.8 Å². The molecule has 0 radical (unpaired) electrons. The van der Waals surface area contributed by atoms with Crippen LogP contribution in [-0.4, -0.2) is 54.0 Å². The summed E-state index contributed by atoms with van der Waals surface area (Å²) in [5, 5.41) is 14.8. The summed E-state index contributed by atoms with van der Waals surface area (Å²) >= 11 is 6.26. The van der Waals surface area contributed by atoms with Crippen LogP contribution in [0.3, 0.4) is 0 Å². The normalized spacial score (nSPS) is 21.1. The number of hydrogen-bond acceptors (Lipinski definition) is 7. The Hall–Kier alpha value is -2.97. The van der Waals surface area contributed by atoms with E-state index in [9.17, 15) is 9.90 Å². The zero-order valence-corrected chi connectivity index (χ0v) is 19.1. The summed E-state index contributed by atoms with van der Waals surface area (Å²) in [6.45, 7) is 3.41. The van der Waals surface area contributed by atoms with Gasteiger partial charge >= 0.3 is 6.09 Å². The minimum Gasteiger partial charge on any atom is -0.508 e. The molecule has 1 atom stereocenters. The number of carbonyl (C=O) groups is 1. The first-order valence-corrected chi connectivity index (χ1v) is 11.5. The molecule has 5 rings (SSSR count). The number of benzene rings is 2. The van der Waals surface area contributed by atoms with Crippen molar-refractivity contribution in [3.63, 3.8) is 0 Å². The molecule has 1 fully saturated rings. The molecule has 2 aromatic carbocycles. The van der Waals surface area contributed by atoms with Crippen LogP contribution in [0.4, 0.5) is 4.79 Å². The Morgan fingerprint density at radius 1 is 1.24 bits per heavy atom. The van der Waals surface area contributed by atoms with Crippen molar-refractivity contribution in [3.05, 3.63) is 52.5 Å². The molecule has 3 heterocycles. The highest BCUT2D eigenvalue weighted by atomic mass is 35.5. The van der Waals surface area contributed by atoms with E-state index in [1.807, 2.05) is 18.2 Å². The number of phenols is 1. The third kappa shape index (κ3) is 4.32. The number of fused-ring (bicyclic) bond motifs is 1. The van der Waals surface area contributed by atoms with Crippen LogP contribution in [0.15, 0.2) is 41.4 Å². The van der Waals surface area contributed by atoms with Crippen LogP contribution in [0, 0.1) is 0 Å². The van der Waals surface area contributed by atoms with Crippen molar-refractivity contribution in [2.24, 2.45) is 4.99 Å². The van der Waals surface area contributed by atoms with Gasteiger partial charge in [0.05, 0.1) is 6.61 Å². The second-order valence-electron chi connectivity index (χ2n) is 8.45. The summed E-state index contributed by atoms with van der Waals surface area (Å²) in [6, 6.07) is 10.7. The maximum Gasteiger partial charge on any atom is 0.409 e. The highest BCUT2D eigenvalue weighted by Gasteiger charge is 2.42. The molecule has 0 saturated carbocycles. The van der Waals surface area contributed by atoms with Gasteiger partial charge in [0, 0.05) is 54.7 Å². The summed E-state index contributed by atoms with van der Waals surface area (Å²) in [5.74, 6) is 1.60. The van der Waals surface area contributed by atoms with Gasteiger partial charge in [0.2, 0.25) is 6.79 Å². The van der Waals surface area contributed by atoms with Gasteiger partial charge in [0.1, 0.15) is 11.4 Å². The second-order valence-corrected chi connectivity index (χ2v) is 8.88. The molecular weight excluding hydrogens is 446 g/mol. The van der Waals surface area contributed by atoms with Gasteiger partial charge < -0.3 is 24.2 Å². The van der Waals surface area contributed by atoms with Crippen molar-refractivity contribution < 1.29 is 24.1 Å². The van der Waals surface area contributed by atoms with E-state index >= 15 is 0 Å². The van der Waals surface area contributed by atoms with Gasteiger partial charge in [-0.15, -0.1) is 0 Å². The van der Waals surface area contributed by atoms with Crippen molar-refractivity contribution in [2.75, 3.05) is 26.5 Å². The predicted octanol–water partition coefficient (Wildman–Crippen LogP) is 4.25. The lowest BCUT2D eigenvalue weighted by Gasteiger charge is -2.45.